The molecule has 3 atom stereocenters. The van der Waals surface area contributed by atoms with Crippen LogP contribution in [0, 0.1) is 5.92 Å². The number of fused-ring (bicyclic) bond motifs is 1. The van der Waals surface area contributed by atoms with E-state index in [0.29, 0.717) is 5.25 Å². The molecule has 1 heterocycles. The molecule has 2 radical (unpaired) electrons. The van der Waals surface area contributed by atoms with E-state index < -0.39 is 0 Å². The van der Waals surface area contributed by atoms with E-state index in [9.17, 15) is 0 Å². The monoisotopic (exact) mass is 192 g/mol. The fraction of sp³-hybridized carbons (Fsp3) is 0.818. The van der Waals surface area contributed by atoms with Crippen LogP contribution in [-0.4, -0.2) is 13.1 Å². The molecule has 13 heavy (non-hydrogen) atoms. The number of hydrogen-bond donors (Lipinski definition) is 0. The molecule has 1 aliphatic heterocycles. The van der Waals surface area contributed by atoms with Crippen LogP contribution in [0.4, 0.5) is 0 Å². The van der Waals surface area contributed by atoms with Crippen molar-refractivity contribution in [2.24, 2.45) is 5.92 Å². The molecule has 1 saturated carbocycles. The lowest BCUT2D eigenvalue weighted by atomic mass is 9.58. The van der Waals surface area contributed by atoms with Crippen molar-refractivity contribution in [1.82, 2.24) is 0 Å². The minimum atomic E-state index is 0.0621. The maximum Gasteiger partial charge on any atom is 0.0758 e. The lowest BCUT2D eigenvalue weighted by molar-refractivity contribution is 0.348. The van der Waals surface area contributed by atoms with Gasteiger partial charge < -0.3 is 0 Å². The van der Waals surface area contributed by atoms with Crippen molar-refractivity contribution in [1.29, 1.82) is 0 Å². The summed E-state index contributed by atoms with van der Waals surface area (Å²) in [5.41, 5.74) is 1.60. The first-order chi connectivity index (χ1) is 6.02. The van der Waals surface area contributed by atoms with Gasteiger partial charge in [-0.1, -0.05) is 30.7 Å². The molecule has 2 heteroatoms. The van der Waals surface area contributed by atoms with Crippen molar-refractivity contribution < 1.29 is 0 Å². The fourth-order valence-corrected chi connectivity index (χ4v) is 4.27. The number of allylic oxidation sites excluding steroid dienone is 2. The number of thioether (sulfide) groups is 1. The molecule has 0 aromatic carbocycles. The third-order valence-electron chi connectivity index (χ3n) is 3.66. The van der Waals surface area contributed by atoms with Crippen molar-refractivity contribution in [3.05, 3.63) is 10.5 Å². The van der Waals surface area contributed by atoms with Crippen LogP contribution in [0.5, 0.6) is 0 Å². The smallest absolute Gasteiger partial charge is 0.0758 e. The molecule has 0 amide bonds. The molecule has 0 spiro atoms. The van der Waals surface area contributed by atoms with Crippen molar-refractivity contribution in [2.75, 3.05) is 0 Å². The Morgan fingerprint density at radius 2 is 2.15 bits per heavy atom. The van der Waals surface area contributed by atoms with Gasteiger partial charge in [-0.3, -0.25) is 0 Å². The highest BCUT2D eigenvalue weighted by Gasteiger charge is 2.43. The van der Waals surface area contributed by atoms with Gasteiger partial charge in [0.25, 0.3) is 0 Å². The summed E-state index contributed by atoms with van der Waals surface area (Å²) in [7, 11) is 6.34. The second-order valence-electron chi connectivity index (χ2n) is 4.78. The summed E-state index contributed by atoms with van der Waals surface area (Å²) >= 11 is 2.02. The van der Waals surface area contributed by atoms with Gasteiger partial charge >= 0.3 is 0 Å². The zero-order valence-electron chi connectivity index (χ0n) is 8.76. The van der Waals surface area contributed by atoms with Crippen LogP contribution in [0.15, 0.2) is 10.5 Å². The Morgan fingerprint density at radius 3 is 2.77 bits per heavy atom. The quantitative estimate of drug-likeness (QED) is 0.529. The molecule has 70 valence electrons. The first-order valence-electron chi connectivity index (χ1n) is 5.15. The lowest BCUT2D eigenvalue weighted by Crippen LogP contribution is -2.32. The Labute approximate surface area is 87.0 Å². The summed E-state index contributed by atoms with van der Waals surface area (Å²) in [4.78, 5) is 1.52. The molecule has 1 aliphatic carbocycles. The van der Waals surface area contributed by atoms with E-state index in [1.165, 1.54) is 24.2 Å². The SMILES string of the molecule is [B]C1(C)CCCC2C(C)=C(C)SC21. The van der Waals surface area contributed by atoms with Crippen LogP contribution in [0.2, 0.25) is 5.31 Å². The standard InChI is InChI=1S/C11H17BS/c1-7-8(2)13-10-9(7)5-4-6-11(10,3)12/h9-10H,4-6H2,1-3H3. The van der Waals surface area contributed by atoms with Gasteiger partial charge in [-0.15, -0.1) is 11.8 Å². The summed E-state index contributed by atoms with van der Waals surface area (Å²) in [5, 5.41) is 0.716. The maximum absolute atomic E-state index is 6.34. The Morgan fingerprint density at radius 1 is 1.46 bits per heavy atom. The van der Waals surface area contributed by atoms with Crippen molar-refractivity contribution in [2.45, 2.75) is 50.6 Å². The molecule has 1 fully saturated rings. The maximum atomic E-state index is 6.34. The van der Waals surface area contributed by atoms with Crippen LogP contribution < -0.4 is 0 Å². The average molecular weight is 192 g/mol. The predicted molar refractivity (Wildman–Crippen MR) is 61.2 cm³/mol. The fourth-order valence-electron chi connectivity index (χ4n) is 2.66. The minimum Gasteiger partial charge on any atom is -0.127 e. The third-order valence-corrected chi connectivity index (χ3v) is 5.46. The molecule has 2 aliphatic rings. The Balaban J connectivity index is 2.25. The van der Waals surface area contributed by atoms with Gasteiger partial charge in [0.2, 0.25) is 0 Å². The van der Waals surface area contributed by atoms with E-state index in [1.54, 1.807) is 5.57 Å². The first-order valence-corrected chi connectivity index (χ1v) is 6.03. The molecular formula is C11H17BS. The third kappa shape index (κ3) is 1.47. The van der Waals surface area contributed by atoms with Crippen LogP contribution in [0.1, 0.15) is 40.0 Å². The zero-order valence-corrected chi connectivity index (χ0v) is 9.58. The van der Waals surface area contributed by atoms with E-state index in [4.69, 9.17) is 7.85 Å². The van der Waals surface area contributed by atoms with Crippen LogP contribution in [-0.2, 0) is 0 Å². The molecule has 3 unspecified atom stereocenters. The van der Waals surface area contributed by atoms with Gasteiger partial charge in [-0.2, -0.15) is 0 Å². The Bertz CT molecular complexity index is 255. The summed E-state index contributed by atoms with van der Waals surface area (Å²) in [5.74, 6) is 0.772. The highest BCUT2D eigenvalue weighted by atomic mass is 32.2. The highest BCUT2D eigenvalue weighted by molar-refractivity contribution is 8.04. The van der Waals surface area contributed by atoms with Gasteiger partial charge in [0.15, 0.2) is 0 Å². The van der Waals surface area contributed by atoms with Gasteiger partial charge in [0.1, 0.15) is 0 Å². The second kappa shape index (κ2) is 3.08. The molecule has 0 aromatic rings. The minimum absolute atomic E-state index is 0.0621. The van der Waals surface area contributed by atoms with Gasteiger partial charge in [0, 0.05) is 5.25 Å². The van der Waals surface area contributed by atoms with E-state index in [2.05, 4.69) is 20.8 Å². The Kier molecular flexibility index (Phi) is 2.30. The van der Waals surface area contributed by atoms with Crippen LogP contribution in [0.3, 0.4) is 0 Å². The molecule has 0 bridgehead atoms. The molecule has 0 saturated heterocycles. The Hall–Kier alpha value is 0.155. The molecule has 0 nitrogen and oxygen atoms in total. The van der Waals surface area contributed by atoms with Crippen LogP contribution in [0.25, 0.3) is 0 Å². The molecule has 2 rings (SSSR count). The van der Waals surface area contributed by atoms with Crippen molar-refractivity contribution >= 4 is 19.6 Å². The zero-order chi connectivity index (χ0) is 9.64. The lowest BCUT2D eigenvalue weighted by Gasteiger charge is -2.41. The second-order valence-corrected chi connectivity index (χ2v) is 6.14. The number of rotatable bonds is 0. The summed E-state index contributed by atoms with van der Waals surface area (Å²) in [6, 6.07) is 0. The van der Waals surface area contributed by atoms with E-state index in [1.807, 2.05) is 11.8 Å². The molecule has 0 aromatic heterocycles. The predicted octanol–water partition coefficient (Wildman–Crippen LogP) is 3.54. The van der Waals surface area contributed by atoms with Gasteiger partial charge in [-0.05, 0) is 31.1 Å². The topological polar surface area (TPSA) is 0 Å². The van der Waals surface area contributed by atoms with Crippen LogP contribution >= 0.6 is 11.8 Å². The van der Waals surface area contributed by atoms with E-state index in [0.717, 1.165) is 5.92 Å². The molecular weight excluding hydrogens is 175 g/mol. The highest BCUT2D eigenvalue weighted by Crippen LogP contribution is 2.57. The summed E-state index contributed by atoms with van der Waals surface area (Å²) in [6.07, 6.45) is 3.86. The normalized spacial score (nSPS) is 45.2. The first kappa shape index (κ1) is 9.70. The summed E-state index contributed by atoms with van der Waals surface area (Å²) in [6.45, 7) is 6.76. The molecule has 0 N–H and O–H groups in total. The number of hydrogen-bond acceptors (Lipinski definition) is 1. The van der Waals surface area contributed by atoms with Crippen molar-refractivity contribution in [3.63, 3.8) is 0 Å². The summed E-state index contributed by atoms with van der Waals surface area (Å²) < 4.78 is 0. The van der Waals surface area contributed by atoms with Crippen molar-refractivity contribution in [3.8, 4) is 0 Å². The average Bonchev–Trinajstić information content (AvgIpc) is 2.32. The van der Waals surface area contributed by atoms with Gasteiger partial charge in [-0.25, -0.2) is 0 Å². The van der Waals surface area contributed by atoms with Gasteiger partial charge in [0.05, 0.1) is 7.85 Å². The van der Waals surface area contributed by atoms with E-state index in [-0.39, 0.29) is 5.31 Å². The largest absolute Gasteiger partial charge is 0.127 e. The van der Waals surface area contributed by atoms with E-state index >= 15 is 0 Å².